The number of fused-ring (bicyclic) bond motifs is 11. The summed E-state index contributed by atoms with van der Waals surface area (Å²) >= 11 is 0. The van der Waals surface area contributed by atoms with Crippen molar-refractivity contribution in [1.29, 1.82) is 0 Å². The molecule has 11 rings (SSSR count). The smallest absolute Gasteiger partial charge is 0.0547 e. The Morgan fingerprint density at radius 3 is 1.69 bits per heavy atom. The summed E-state index contributed by atoms with van der Waals surface area (Å²) in [6, 6.07) is 64.8. The van der Waals surface area contributed by atoms with Crippen LogP contribution in [0.15, 0.2) is 176 Å². The topological polar surface area (TPSA) is 9.86 Å². The lowest BCUT2D eigenvalue weighted by molar-refractivity contribution is 1.18. The molecule has 9 aromatic carbocycles. The van der Waals surface area contributed by atoms with Crippen molar-refractivity contribution in [3.63, 3.8) is 0 Å². The van der Waals surface area contributed by atoms with Crippen molar-refractivity contribution in [3.8, 4) is 22.5 Å². The number of hydrogen-bond acceptors (Lipinski definition) is 0. The molecule has 0 saturated carbocycles. The normalized spacial score (nSPS) is 12.0. The second-order valence-corrected chi connectivity index (χ2v) is 13.8. The minimum absolute atomic E-state index is 1.18. The number of aromatic nitrogens is 2. The maximum atomic E-state index is 2.47. The van der Waals surface area contributed by atoms with Crippen LogP contribution in [0, 0.1) is 6.92 Å². The third kappa shape index (κ3) is 4.11. The predicted molar refractivity (Wildman–Crippen MR) is 218 cm³/mol. The summed E-state index contributed by atoms with van der Waals surface area (Å²) in [5, 5.41) is 12.8. The Hall–Kier alpha value is -6.64. The highest BCUT2D eigenvalue weighted by molar-refractivity contribution is 6.28. The molecule has 0 aliphatic heterocycles. The van der Waals surface area contributed by atoms with Crippen LogP contribution in [0.25, 0.3) is 98.4 Å². The summed E-state index contributed by atoms with van der Waals surface area (Å²) in [4.78, 5) is 0. The fraction of sp³-hybridized carbons (Fsp3) is 0.0204. The highest BCUT2D eigenvalue weighted by Gasteiger charge is 2.19. The molecule has 238 valence electrons. The largest absolute Gasteiger partial charge is 0.309 e. The molecule has 0 amide bonds. The first-order valence-electron chi connectivity index (χ1n) is 17.7. The summed E-state index contributed by atoms with van der Waals surface area (Å²) in [6.45, 7) is 2.22. The van der Waals surface area contributed by atoms with E-state index in [-0.39, 0.29) is 0 Å². The van der Waals surface area contributed by atoms with Crippen molar-refractivity contribution >= 4 is 75.9 Å². The number of para-hydroxylation sites is 2. The Bertz CT molecular complexity index is 3200. The second kappa shape index (κ2) is 10.7. The molecule has 2 nitrogen and oxygen atoms in total. The number of nitrogens with zero attached hydrogens (tertiary/aromatic N) is 2. The molecule has 51 heavy (non-hydrogen) atoms. The van der Waals surface area contributed by atoms with E-state index in [1.165, 1.54) is 104 Å². The molecule has 0 unspecified atom stereocenters. The third-order valence-corrected chi connectivity index (χ3v) is 11.0. The van der Waals surface area contributed by atoms with Crippen LogP contribution in [0.5, 0.6) is 0 Å². The van der Waals surface area contributed by atoms with Crippen molar-refractivity contribution in [1.82, 2.24) is 9.13 Å². The lowest BCUT2D eigenvalue weighted by Gasteiger charge is -2.12. The van der Waals surface area contributed by atoms with Crippen LogP contribution < -0.4 is 0 Å². The number of benzene rings is 9. The van der Waals surface area contributed by atoms with Gasteiger partial charge in [0, 0.05) is 32.9 Å². The predicted octanol–water partition coefficient (Wildman–Crippen LogP) is 13.3. The first-order valence-corrected chi connectivity index (χ1v) is 17.7. The Labute approximate surface area is 295 Å². The van der Waals surface area contributed by atoms with Gasteiger partial charge in [0.25, 0.3) is 0 Å². The first kappa shape index (κ1) is 28.2. The van der Waals surface area contributed by atoms with Crippen LogP contribution in [0.1, 0.15) is 5.56 Å². The van der Waals surface area contributed by atoms with E-state index >= 15 is 0 Å². The Morgan fingerprint density at radius 1 is 0.314 bits per heavy atom. The third-order valence-electron chi connectivity index (χ3n) is 11.0. The van der Waals surface area contributed by atoms with E-state index in [0.29, 0.717) is 0 Å². The highest BCUT2D eigenvalue weighted by atomic mass is 15.0. The fourth-order valence-electron chi connectivity index (χ4n) is 8.68. The zero-order valence-electron chi connectivity index (χ0n) is 28.1. The van der Waals surface area contributed by atoms with E-state index in [0.717, 1.165) is 0 Å². The van der Waals surface area contributed by atoms with Gasteiger partial charge in [0.05, 0.1) is 22.1 Å². The molecule has 0 N–H and O–H groups in total. The van der Waals surface area contributed by atoms with Gasteiger partial charge in [-0.1, -0.05) is 115 Å². The van der Waals surface area contributed by atoms with Gasteiger partial charge in [0.2, 0.25) is 0 Å². The van der Waals surface area contributed by atoms with Gasteiger partial charge in [-0.15, -0.1) is 0 Å². The van der Waals surface area contributed by atoms with E-state index in [4.69, 9.17) is 0 Å². The van der Waals surface area contributed by atoms with Crippen LogP contribution in [0.4, 0.5) is 0 Å². The van der Waals surface area contributed by atoms with Crippen LogP contribution >= 0.6 is 0 Å². The number of aryl methyl sites for hydroxylation is 1. The van der Waals surface area contributed by atoms with Crippen molar-refractivity contribution in [2.45, 2.75) is 6.92 Å². The van der Waals surface area contributed by atoms with Crippen LogP contribution in [-0.2, 0) is 0 Å². The van der Waals surface area contributed by atoms with Gasteiger partial charge in [-0.05, 0) is 117 Å². The van der Waals surface area contributed by atoms with Crippen molar-refractivity contribution in [3.05, 3.63) is 181 Å². The first-order chi connectivity index (χ1) is 25.2. The van der Waals surface area contributed by atoms with Gasteiger partial charge >= 0.3 is 0 Å². The van der Waals surface area contributed by atoms with Gasteiger partial charge < -0.3 is 9.13 Å². The molecule has 2 heterocycles. The summed E-state index contributed by atoms with van der Waals surface area (Å²) in [5.74, 6) is 0. The molecule has 2 heteroatoms. The molecule has 0 atom stereocenters. The molecular weight excluding hydrogens is 617 g/mol. The van der Waals surface area contributed by atoms with Gasteiger partial charge in [-0.2, -0.15) is 0 Å². The summed E-state index contributed by atoms with van der Waals surface area (Å²) < 4.78 is 4.85. The Balaban J connectivity index is 1.15. The SMILES string of the molecule is Cc1cc(-n2c3ccc4ccccc4c3c3c4ccc(-c5ccc6c(c5)c5ccccc5n6-c5ccccc5)cc4ccc32)cc2ccccc12. The average molecular weight is 649 g/mol. The molecule has 0 fully saturated rings. The van der Waals surface area contributed by atoms with Gasteiger partial charge in [0.15, 0.2) is 0 Å². The molecular formula is C49H32N2. The van der Waals surface area contributed by atoms with Crippen LogP contribution in [0.2, 0.25) is 0 Å². The maximum Gasteiger partial charge on any atom is 0.0547 e. The van der Waals surface area contributed by atoms with Gasteiger partial charge in [-0.3, -0.25) is 0 Å². The lowest BCUT2D eigenvalue weighted by Crippen LogP contribution is -1.95. The standard InChI is InChI=1S/C49H32N2/c1-31-27-38(29-35-12-6-7-15-39(31)35)51-46-25-20-32-11-5-8-16-40(32)48(46)49-41-23-19-33(28-36(41)22-26-47(49)51)34-21-24-45-43(30-34)42-17-9-10-18-44(42)50(45)37-13-3-2-4-14-37/h2-30H,1H3. The summed E-state index contributed by atoms with van der Waals surface area (Å²) in [7, 11) is 0. The summed E-state index contributed by atoms with van der Waals surface area (Å²) in [6.07, 6.45) is 0. The Morgan fingerprint density at radius 2 is 0.863 bits per heavy atom. The molecule has 2 aromatic heterocycles. The minimum Gasteiger partial charge on any atom is -0.309 e. The van der Waals surface area contributed by atoms with Crippen molar-refractivity contribution in [2.24, 2.45) is 0 Å². The minimum atomic E-state index is 1.18. The molecule has 0 spiro atoms. The monoisotopic (exact) mass is 648 g/mol. The van der Waals surface area contributed by atoms with E-state index in [1.807, 2.05) is 0 Å². The molecule has 0 bridgehead atoms. The zero-order chi connectivity index (χ0) is 33.6. The highest BCUT2D eigenvalue weighted by Crippen LogP contribution is 2.42. The second-order valence-electron chi connectivity index (χ2n) is 13.8. The number of rotatable bonds is 3. The lowest BCUT2D eigenvalue weighted by atomic mass is 9.96. The molecule has 11 aromatic rings. The average Bonchev–Trinajstić information content (AvgIpc) is 3.71. The fourth-order valence-corrected chi connectivity index (χ4v) is 8.68. The van der Waals surface area contributed by atoms with Gasteiger partial charge in [-0.25, -0.2) is 0 Å². The molecule has 0 saturated heterocycles. The van der Waals surface area contributed by atoms with E-state index in [1.54, 1.807) is 0 Å². The van der Waals surface area contributed by atoms with Crippen LogP contribution in [0.3, 0.4) is 0 Å². The summed E-state index contributed by atoms with van der Waals surface area (Å²) in [5.41, 5.74) is 11.0. The van der Waals surface area contributed by atoms with E-state index in [2.05, 4.69) is 192 Å². The maximum absolute atomic E-state index is 2.47. The Kier molecular flexibility index (Phi) is 5.91. The van der Waals surface area contributed by atoms with E-state index in [9.17, 15) is 0 Å². The number of hydrogen-bond donors (Lipinski definition) is 0. The van der Waals surface area contributed by atoms with E-state index < -0.39 is 0 Å². The molecule has 0 aliphatic rings. The quantitative estimate of drug-likeness (QED) is 0.180. The van der Waals surface area contributed by atoms with Gasteiger partial charge in [0.1, 0.15) is 0 Å². The van der Waals surface area contributed by atoms with Crippen molar-refractivity contribution in [2.75, 3.05) is 0 Å². The molecule has 0 radical (unpaired) electrons. The molecule has 0 aliphatic carbocycles. The van der Waals surface area contributed by atoms with Crippen LogP contribution in [-0.4, -0.2) is 9.13 Å². The zero-order valence-corrected chi connectivity index (χ0v) is 28.1. The van der Waals surface area contributed by atoms with Crippen molar-refractivity contribution < 1.29 is 0 Å².